The van der Waals surface area contributed by atoms with E-state index in [2.05, 4.69) is 9.97 Å². The number of nitrogens with one attached hydrogen (secondary N) is 1. The summed E-state index contributed by atoms with van der Waals surface area (Å²) in [5.41, 5.74) is 6.42. The predicted molar refractivity (Wildman–Crippen MR) is 65.8 cm³/mol. The monoisotopic (exact) mass is 263 g/mol. The predicted octanol–water partition coefficient (Wildman–Crippen LogP) is 3.23. The highest BCUT2D eigenvalue weighted by Crippen LogP contribution is 2.28. The van der Waals surface area contributed by atoms with Crippen molar-refractivity contribution in [2.75, 3.05) is 5.73 Å². The van der Waals surface area contributed by atoms with Gasteiger partial charge in [0.25, 0.3) is 0 Å². The average Bonchev–Trinajstić information content (AvgIpc) is 2.79. The summed E-state index contributed by atoms with van der Waals surface area (Å²) in [6, 6.07) is 6.22. The number of nitrogen functional groups attached to an aromatic ring is 1. The fourth-order valence-electron chi connectivity index (χ4n) is 1.89. The van der Waals surface area contributed by atoms with E-state index in [9.17, 15) is 13.2 Å². The van der Waals surface area contributed by atoms with E-state index in [1.807, 2.05) is 0 Å². The van der Waals surface area contributed by atoms with Crippen LogP contribution in [0.3, 0.4) is 0 Å². The molecule has 96 valence electrons. The molecule has 0 bridgehead atoms. The van der Waals surface area contributed by atoms with Crippen LogP contribution < -0.4 is 5.73 Å². The molecule has 3 nitrogen and oxygen atoms in total. The third kappa shape index (κ3) is 1.81. The fourth-order valence-corrected chi connectivity index (χ4v) is 1.89. The molecule has 0 amide bonds. The number of hydrogen-bond donors (Lipinski definition) is 2. The number of fused-ring (bicyclic) bond motifs is 1. The summed E-state index contributed by atoms with van der Waals surface area (Å²) >= 11 is 0. The van der Waals surface area contributed by atoms with E-state index in [1.165, 1.54) is 12.1 Å². The van der Waals surface area contributed by atoms with Crippen LogP contribution in [0, 0.1) is 17.5 Å². The molecule has 0 atom stereocenters. The zero-order chi connectivity index (χ0) is 13.6. The summed E-state index contributed by atoms with van der Waals surface area (Å²) in [6.45, 7) is 0. The third-order valence-electron chi connectivity index (χ3n) is 2.81. The number of imidazole rings is 1. The Morgan fingerprint density at radius 1 is 1.00 bits per heavy atom. The van der Waals surface area contributed by atoms with E-state index in [0.29, 0.717) is 5.52 Å². The van der Waals surface area contributed by atoms with Gasteiger partial charge >= 0.3 is 0 Å². The Balaban J connectivity index is 2.25. The van der Waals surface area contributed by atoms with Crippen molar-refractivity contribution in [2.45, 2.75) is 0 Å². The normalized spacial score (nSPS) is 11.1. The number of rotatable bonds is 1. The highest BCUT2D eigenvalue weighted by Gasteiger charge is 2.14. The Morgan fingerprint density at radius 3 is 2.47 bits per heavy atom. The molecular formula is C13H8F3N3. The van der Waals surface area contributed by atoms with Gasteiger partial charge in [0, 0.05) is 17.3 Å². The molecule has 0 spiro atoms. The number of halogens is 3. The first kappa shape index (κ1) is 11.6. The van der Waals surface area contributed by atoms with Crippen LogP contribution in [-0.4, -0.2) is 9.97 Å². The van der Waals surface area contributed by atoms with E-state index in [0.717, 1.165) is 12.1 Å². The van der Waals surface area contributed by atoms with E-state index in [-0.39, 0.29) is 22.6 Å². The SMILES string of the molecule is Nc1cc(F)c(F)cc1-c1nc2c(F)cccc2[nH]1. The molecule has 6 heteroatoms. The first-order valence-electron chi connectivity index (χ1n) is 5.45. The Morgan fingerprint density at radius 2 is 1.74 bits per heavy atom. The quantitative estimate of drug-likeness (QED) is 0.662. The Kier molecular flexibility index (Phi) is 2.45. The molecule has 1 heterocycles. The number of nitrogens with two attached hydrogens (primary N) is 1. The second kappa shape index (κ2) is 4.01. The van der Waals surface area contributed by atoms with Crippen molar-refractivity contribution in [1.82, 2.24) is 9.97 Å². The number of para-hydroxylation sites is 1. The van der Waals surface area contributed by atoms with Gasteiger partial charge in [0.05, 0.1) is 5.52 Å². The lowest BCUT2D eigenvalue weighted by atomic mass is 10.1. The summed E-state index contributed by atoms with van der Waals surface area (Å²) in [4.78, 5) is 6.83. The smallest absolute Gasteiger partial charge is 0.160 e. The molecule has 1 aromatic heterocycles. The Bertz CT molecular complexity index is 780. The highest BCUT2D eigenvalue weighted by molar-refractivity contribution is 5.82. The number of benzene rings is 2. The Hall–Kier alpha value is -2.50. The first-order valence-corrected chi connectivity index (χ1v) is 5.45. The van der Waals surface area contributed by atoms with Gasteiger partial charge in [-0.05, 0) is 18.2 Å². The number of H-pyrrole nitrogens is 1. The lowest BCUT2D eigenvalue weighted by Gasteiger charge is -2.03. The number of aromatic amines is 1. The first-order chi connectivity index (χ1) is 9.06. The second-order valence-electron chi connectivity index (χ2n) is 4.07. The van der Waals surface area contributed by atoms with Gasteiger partial charge in [-0.2, -0.15) is 0 Å². The van der Waals surface area contributed by atoms with Crippen molar-refractivity contribution < 1.29 is 13.2 Å². The average molecular weight is 263 g/mol. The summed E-state index contributed by atoms with van der Waals surface area (Å²) < 4.78 is 39.7. The van der Waals surface area contributed by atoms with Crippen LogP contribution in [0.4, 0.5) is 18.9 Å². The Labute approximate surface area is 105 Å². The van der Waals surface area contributed by atoms with Gasteiger partial charge in [0.2, 0.25) is 0 Å². The zero-order valence-corrected chi connectivity index (χ0v) is 9.55. The van der Waals surface area contributed by atoms with E-state index >= 15 is 0 Å². The summed E-state index contributed by atoms with van der Waals surface area (Å²) in [5.74, 6) is -2.38. The van der Waals surface area contributed by atoms with Crippen LogP contribution in [0.25, 0.3) is 22.4 Å². The molecular weight excluding hydrogens is 255 g/mol. The van der Waals surface area contributed by atoms with Crippen LogP contribution in [0.15, 0.2) is 30.3 Å². The molecule has 19 heavy (non-hydrogen) atoms. The van der Waals surface area contributed by atoms with Gasteiger partial charge in [-0.3, -0.25) is 0 Å². The van der Waals surface area contributed by atoms with Gasteiger partial charge in [-0.25, -0.2) is 18.2 Å². The minimum atomic E-state index is -1.04. The maximum Gasteiger partial charge on any atom is 0.160 e. The lowest BCUT2D eigenvalue weighted by molar-refractivity contribution is 0.509. The van der Waals surface area contributed by atoms with Crippen LogP contribution in [0.2, 0.25) is 0 Å². The second-order valence-corrected chi connectivity index (χ2v) is 4.07. The molecule has 0 saturated carbocycles. The van der Waals surface area contributed by atoms with E-state index in [1.54, 1.807) is 6.07 Å². The molecule has 2 aromatic carbocycles. The van der Waals surface area contributed by atoms with Gasteiger partial charge < -0.3 is 10.7 Å². The summed E-state index contributed by atoms with van der Waals surface area (Å²) in [7, 11) is 0. The minimum Gasteiger partial charge on any atom is -0.398 e. The summed E-state index contributed by atoms with van der Waals surface area (Å²) in [5, 5.41) is 0. The van der Waals surface area contributed by atoms with Crippen molar-refractivity contribution >= 4 is 16.7 Å². The van der Waals surface area contributed by atoms with Gasteiger partial charge in [0.1, 0.15) is 11.3 Å². The number of anilines is 1. The summed E-state index contributed by atoms with van der Waals surface area (Å²) in [6.07, 6.45) is 0. The standard InChI is InChI=1S/C13H8F3N3/c14-7-2-1-3-11-12(7)19-13(18-11)6-4-8(15)9(16)5-10(6)17/h1-5H,17H2,(H,18,19). The maximum absolute atomic E-state index is 13.5. The molecule has 0 radical (unpaired) electrons. The lowest BCUT2D eigenvalue weighted by Crippen LogP contribution is -1.95. The molecule has 0 aliphatic heterocycles. The molecule has 0 unspecified atom stereocenters. The van der Waals surface area contributed by atoms with Crippen molar-refractivity contribution in [1.29, 1.82) is 0 Å². The van der Waals surface area contributed by atoms with Gasteiger partial charge in [-0.15, -0.1) is 0 Å². The molecule has 3 aromatic rings. The molecule has 0 aliphatic carbocycles. The molecule has 0 saturated heterocycles. The van der Waals surface area contributed by atoms with Crippen molar-refractivity contribution in [3.05, 3.63) is 47.8 Å². The third-order valence-corrected chi connectivity index (χ3v) is 2.81. The zero-order valence-electron chi connectivity index (χ0n) is 9.55. The number of aromatic nitrogens is 2. The van der Waals surface area contributed by atoms with Crippen LogP contribution in [-0.2, 0) is 0 Å². The van der Waals surface area contributed by atoms with Crippen LogP contribution in [0.1, 0.15) is 0 Å². The minimum absolute atomic E-state index is 0.0263. The highest BCUT2D eigenvalue weighted by atomic mass is 19.2. The largest absolute Gasteiger partial charge is 0.398 e. The van der Waals surface area contributed by atoms with Crippen molar-refractivity contribution in [3.63, 3.8) is 0 Å². The van der Waals surface area contributed by atoms with Crippen LogP contribution >= 0.6 is 0 Å². The molecule has 0 aliphatic rings. The van der Waals surface area contributed by atoms with E-state index < -0.39 is 17.5 Å². The van der Waals surface area contributed by atoms with Crippen LogP contribution in [0.5, 0.6) is 0 Å². The van der Waals surface area contributed by atoms with Crippen molar-refractivity contribution in [3.8, 4) is 11.4 Å². The van der Waals surface area contributed by atoms with Crippen molar-refractivity contribution in [2.24, 2.45) is 0 Å². The molecule has 0 fully saturated rings. The molecule has 3 N–H and O–H groups in total. The van der Waals surface area contributed by atoms with Gasteiger partial charge in [-0.1, -0.05) is 6.07 Å². The maximum atomic E-state index is 13.5. The molecule has 3 rings (SSSR count). The number of nitrogens with zero attached hydrogens (tertiary/aromatic N) is 1. The fraction of sp³-hybridized carbons (Fsp3) is 0. The van der Waals surface area contributed by atoms with E-state index in [4.69, 9.17) is 5.73 Å². The van der Waals surface area contributed by atoms with Gasteiger partial charge in [0.15, 0.2) is 17.5 Å². The topological polar surface area (TPSA) is 54.7 Å². The number of hydrogen-bond acceptors (Lipinski definition) is 2.